The number of nitrogens with zero attached hydrogens (tertiary/aromatic N) is 4. The highest BCUT2D eigenvalue weighted by molar-refractivity contribution is 5.87. The lowest BCUT2D eigenvalue weighted by atomic mass is 10.1. The molecule has 0 aliphatic carbocycles. The lowest BCUT2D eigenvalue weighted by Gasteiger charge is -2.29. The number of hydrogen-bond acceptors (Lipinski definition) is 5. The van der Waals surface area contributed by atoms with Gasteiger partial charge in [0.2, 0.25) is 5.91 Å². The number of hydrogen-bond donors (Lipinski definition) is 2. The smallest absolute Gasteiger partial charge is 0.347 e. The first-order valence-electron chi connectivity index (χ1n) is 7.46. The van der Waals surface area contributed by atoms with E-state index in [1.54, 1.807) is 6.20 Å². The Hall–Kier alpha value is -2.36. The average molecular weight is 342 g/mol. The Balaban J connectivity index is 1.65. The number of amides is 1. The number of alkyl halides is 3. The molecule has 1 atom stereocenters. The third kappa shape index (κ3) is 3.42. The van der Waals surface area contributed by atoms with Gasteiger partial charge >= 0.3 is 6.18 Å². The van der Waals surface area contributed by atoms with Gasteiger partial charge in [-0.2, -0.15) is 13.2 Å². The maximum Gasteiger partial charge on any atom is 0.405 e. The molecule has 24 heavy (non-hydrogen) atoms. The van der Waals surface area contributed by atoms with E-state index in [0.717, 1.165) is 5.39 Å². The summed E-state index contributed by atoms with van der Waals surface area (Å²) >= 11 is 0. The predicted molar refractivity (Wildman–Crippen MR) is 81.0 cm³/mol. The van der Waals surface area contributed by atoms with Crippen LogP contribution in [0.2, 0.25) is 0 Å². The summed E-state index contributed by atoms with van der Waals surface area (Å²) in [7, 11) is 1.81. The van der Waals surface area contributed by atoms with Crippen molar-refractivity contribution in [2.45, 2.75) is 12.6 Å². The second-order valence-electron chi connectivity index (χ2n) is 5.69. The maximum atomic E-state index is 12.2. The molecule has 0 spiro atoms. The van der Waals surface area contributed by atoms with Crippen LogP contribution in [0.3, 0.4) is 0 Å². The molecule has 2 aromatic heterocycles. The van der Waals surface area contributed by atoms with E-state index < -0.39 is 24.5 Å². The zero-order chi connectivity index (χ0) is 17.3. The molecule has 2 N–H and O–H groups in total. The Morgan fingerprint density at radius 2 is 2.29 bits per heavy atom. The van der Waals surface area contributed by atoms with Crippen molar-refractivity contribution in [3.05, 3.63) is 18.6 Å². The number of rotatable bonds is 4. The van der Waals surface area contributed by atoms with Gasteiger partial charge in [0.25, 0.3) is 0 Å². The third-order valence-corrected chi connectivity index (χ3v) is 4.06. The van der Waals surface area contributed by atoms with Crippen LogP contribution in [0.5, 0.6) is 0 Å². The number of hydrazine groups is 1. The molecule has 0 aromatic carbocycles. The van der Waals surface area contributed by atoms with E-state index in [1.165, 1.54) is 6.33 Å². The minimum Gasteiger partial charge on any atom is -0.347 e. The van der Waals surface area contributed by atoms with Crippen LogP contribution in [-0.4, -0.2) is 58.7 Å². The number of halogens is 3. The highest BCUT2D eigenvalue weighted by atomic mass is 19.4. The van der Waals surface area contributed by atoms with Gasteiger partial charge in [0, 0.05) is 26.3 Å². The van der Waals surface area contributed by atoms with Crippen molar-refractivity contribution < 1.29 is 18.0 Å². The molecule has 1 saturated heterocycles. The van der Waals surface area contributed by atoms with Gasteiger partial charge in [-0.15, -0.1) is 0 Å². The molecule has 1 fully saturated rings. The van der Waals surface area contributed by atoms with E-state index in [1.807, 2.05) is 28.4 Å². The van der Waals surface area contributed by atoms with E-state index in [4.69, 9.17) is 0 Å². The van der Waals surface area contributed by atoms with Gasteiger partial charge in [-0.25, -0.2) is 15.0 Å². The van der Waals surface area contributed by atoms with Crippen molar-refractivity contribution in [2.24, 2.45) is 5.92 Å². The Kier molecular flexibility index (Phi) is 4.31. The van der Waals surface area contributed by atoms with Crippen molar-refractivity contribution in [3.8, 4) is 0 Å². The van der Waals surface area contributed by atoms with E-state index in [9.17, 15) is 18.0 Å². The second kappa shape index (κ2) is 6.27. The van der Waals surface area contributed by atoms with Crippen molar-refractivity contribution in [3.63, 3.8) is 0 Å². The van der Waals surface area contributed by atoms with E-state index in [0.29, 0.717) is 31.0 Å². The molecule has 0 saturated carbocycles. The zero-order valence-corrected chi connectivity index (χ0v) is 13.0. The Bertz CT molecular complexity index is 731. The molecule has 10 heteroatoms. The summed E-state index contributed by atoms with van der Waals surface area (Å²) in [6.07, 6.45) is -0.705. The fourth-order valence-electron chi connectivity index (χ4n) is 2.81. The molecule has 0 bridgehead atoms. The van der Waals surface area contributed by atoms with Crippen molar-refractivity contribution in [1.82, 2.24) is 25.3 Å². The van der Waals surface area contributed by atoms with Crippen LogP contribution in [0.15, 0.2) is 18.6 Å². The predicted octanol–water partition coefficient (Wildman–Crippen LogP) is 1.31. The van der Waals surface area contributed by atoms with E-state index in [-0.39, 0.29) is 0 Å². The molecule has 0 radical (unpaired) electrons. The molecular formula is C14H17F3N6O. The highest BCUT2D eigenvalue weighted by Gasteiger charge is 2.34. The lowest BCUT2D eigenvalue weighted by molar-refractivity contribution is -0.140. The fraction of sp³-hybridized carbons (Fsp3) is 0.500. The summed E-state index contributed by atoms with van der Waals surface area (Å²) < 4.78 is 36.6. The molecule has 130 valence electrons. The fourth-order valence-corrected chi connectivity index (χ4v) is 2.81. The topological polar surface area (TPSA) is 77.2 Å². The van der Waals surface area contributed by atoms with Crippen molar-refractivity contribution >= 4 is 22.8 Å². The first kappa shape index (κ1) is 16.5. The number of nitrogens with one attached hydrogen (secondary N) is 2. The quantitative estimate of drug-likeness (QED) is 0.876. The molecule has 1 amide bonds. The third-order valence-electron chi connectivity index (χ3n) is 4.06. The first-order valence-corrected chi connectivity index (χ1v) is 7.46. The molecule has 3 heterocycles. The standard InChI is InChI=1S/C14H17F3N6O/c1-22(12-10-2-4-18-11(10)20-8-21-12)23-5-3-9(6-23)13(24)19-7-14(15,16)17/h2,4,8-9H,3,5-7H2,1H3,(H,19,24)(H,18,20,21)/t9-/m0/s1. The van der Waals surface area contributed by atoms with Gasteiger partial charge in [-0.05, 0) is 12.5 Å². The molecule has 1 aliphatic heterocycles. The summed E-state index contributed by atoms with van der Waals surface area (Å²) in [6, 6.07) is 1.85. The lowest BCUT2D eigenvalue weighted by Crippen LogP contribution is -2.42. The number of H-pyrrole nitrogens is 1. The Morgan fingerprint density at radius 3 is 3.04 bits per heavy atom. The largest absolute Gasteiger partial charge is 0.405 e. The first-order chi connectivity index (χ1) is 11.3. The maximum absolute atomic E-state index is 12.2. The number of carbonyl (C=O) groups excluding carboxylic acids is 1. The van der Waals surface area contributed by atoms with E-state index >= 15 is 0 Å². The van der Waals surface area contributed by atoms with Crippen LogP contribution >= 0.6 is 0 Å². The molecular weight excluding hydrogens is 325 g/mol. The molecule has 2 aromatic rings. The Morgan fingerprint density at radius 1 is 1.50 bits per heavy atom. The summed E-state index contributed by atoms with van der Waals surface area (Å²) in [5.41, 5.74) is 0.700. The van der Waals surface area contributed by atoms with Crippen LogP contribution in [0.25, 0.3) is 11.0 Å². The number of fused-ring (bicyclic) bond motifs is 1. The SMILES string of the molecule is CN(c1ncnc2[nH]ccc12)N1CC[C@H](C(=O)NCC(F)(F)F)C1. The molecule has 1 aliphatic rings. The van der Waals surface area contributed by atoms with Crippen LogP contribution in [-0.2, 0) is 4.79 Å². The zero-order valence-electron chi connectivity index (χ0n) is 13.0. The number of anilines is 1. The average Bonchev–Trinajstić information content (AvgIpc) is 3.19. The van der Waals surface area contributed by atoms with Gasteiger partial charge in [0.15, 0.2) is 5.82 Å². The van der Waals surface area contributed by atoms with Crippen LogP contribution in [0.4, 0.5) is 19.0 Å². The van der Waals surface area contributed by atoms with Crippen molar-refractivity contribution in [2.75, 3.05) is 31.7 Å². The summed E-state index contributed by atoms with van der Waals surface area (Å²) in [5.74, 6) is -0.367. The van der Waals surface area contributed by atoms with Gasteiger partial charge in [-0.1, -0.05) is 0 Å². The van der Waals surface area contributed by atoms with E-state index in [2.05, 4.69) is 15.0 Å². The van der Waals surface area contributed by atoms with Crippen LogP contribution in [0, 0.1) is 5.92 Å². The monoisotopic (exact) mass is 342 g/mol. The number of aromatic nitrogens is 3. The molecule has 3 rings (SSSR count). The van der Waals surface area contributed by atoms with Crippen LogP contribution < -0.4 is 10.3 Å². The van der Waals surface area contributed by atoms with Gasteiger partial charge < -0.3 is 10.3 Å². The number of carbonyl (C=O) groups is 1. The Labute approximate surface area is 135 Å². The second-order valence-corrected chi connectivity index (χ2v) is 5.69. The summed E-state index contributed by atoms with van der Waals surface area (Å²) in [5, 5.41) is 6.50. The number of aromatic amines is 1. The minimum atomic E-state index is -4.40. The molecule has 7 nitrogen and oxygen atoms in total. The summed E-state index contributed by atoms with van der Waals surface area (Å²) in [6.45, 7) is -0.388. The van der Waals surface area contributed by atoms with Gasteiger partial charge in [0.1, 0.15) is 18.5 Å². The van der Waals surface area contributed by atoms with Gasteiger partial charge in [-0.3, -0.25) is 9.80 Å². The summed E-state index contributed by atoms with van der Waals surface area (Å²) in [4.78, 5) is 23.3. The van der Waals surface area contributed by atoms with Crippen LogP contribution in [0.1, 0.15) is 6.42 Å². The highest BCUT2D eigenvalue weighted by Crippen LogP contribution is 2.26. The van der Waals surface area contributed by atoms with Gasteiger partial charge in [0.05, 0.1) is 11.3 Å². The minimum absolute atomic E-state index is 0.343. The molecule has 0 unspecified atom stereocenters. The normalized spacial score (nSPS) is 18.9. The van der Waals surface area contributed by atoms with Crippen molar-refractivity contribution in [1.29, 1.82) is 0 Å².